The predicted molar refractivity (Wildman–Crippen MR) is 76.7 cm³/mol. The standard InChI is InChI=1S/C17H22N/c1-11-7-15(5)17(18(6)10-11)16-9-13(3)12(2)8-14(16)4/h7-10H,1-6H3/q+1. The van der Waals surface area contributed by atoms with E-state index in [1.54, 1.807) is 0 Å². The molecule has 0 aliphatic heterocycles. The summed E-state index contributed by atoms with van der Waals surface area (Å²) >= 11 is 0. The molecule has 0 amide bonds. The maximum Gasteiger partial charge on any atom is 0.215 e. The summed E-state index contributed by atoms with van der Waals surface area (Å²) in [5, 5.41) is 0. The highest BCUT2D eigenvalue weighted by Crippen LogP contribution is 2.26. The number of aromatic nitrogens is 1. The van der Waals surface area contributed by atoms with E-state index in [1.165, 1.54) is 39.1 Å². The fourth-order valence-corrected chi connectivity index (χ4v) is 2.71. The first-order valence-corrected chi connectivity index (χ1v) is 6.45. The quantitative estimate of drug-likeness (QED) is 0.669. The van der Waals surface area contributed by atoms with Crippen LogP contribution in [0.15, 0.2) is 24.4 Å². The number of hydrogen-bond acceptors (Lipinski definition) is 0. The third-order valence-corrected chi connectivity index (χ3v) is 3.66. The van der Waals surface area contributed by atoms with Crippen LogP contribution < -0.4 is 4.57 Å². The lowest BCUT2D eigenvalue weighted by molar-refractivity contribution is -0.661. The van der Waals surface area contributed by atoms with Gasteiger partial charge in [-0.25, -0.2) is 4.57 Å². The Morgan fingerprint density at radius 1 is 0.722 bits per heavy atom. The molecule has 18 heavy (non-hydrogen) atoms. The Labute approximate surface area is 110 Å². The van der Waals surface area contributed by atoms with Crippen LogP contribution >= 0.6 is 0 Å². The van der Waals surface area contributed by atoms with Gasteiger partial charge in [-0.15, -0.1) is 0 Å². The molecular weight excluding hydrogens is 218 g/mol. The fraction of sp³-hybridized carbons (Fsp3) is 0.353. The third kappa shape index (κ3) is 2.17. The van der Waals surface area contributed by atoms with Crippen LogP contribution in [0.2, 0.25) is 0 Å². The molecule has 94 valence electrons. The van der Waals surface area contributed by atoms with Gasteiger partial charge in [0.15, 0.2) is 6.20 Å². The Morgan fingerprint density at radius 3 is 1.94 bits per heavy atom. The number of pyridine rings is 1. The van der Waals surface area contributed by atoms with E-state index in [1.807, 2.05) is 0 Å². The molecule has 0 saturated heterocycles. The molecule has 0 fully saturated rings. The molecule has 1 aromatic carbocycles. The van der Waals surface area contributed by atoms with Crippen LogP contribution in [0.1, 0.15) is 27.8 Å². The van der Waals surface area contributed by atoms with E-state index in [0.717, 1.165) is 0 Å². The number of rotatable bonds is 1. The van der Waals surface area contributed by atoms with Crippen molar-refractivity contribution in [1.82, 2.24) is 0 Å². The Morgan fingerprint density at radius 2 is 1.33 bits per heavy atom. The second-order valence-corrected chi connectivity index (χ2v) is 5.41. The van der Waals surface area contributed by atoms with Gasteiger partial charge in [-0.2, -0.15) is 0 Å². The zero-order valence-electron chi connectivity index (χ0n) is 12.3. The van der Waals surface area contributed by atoms with Gasteiger partial charge in [0.1, 0.15) is 7.05 Å². The molecule has 0 aliphatic carbocycles. The van der Waals surface area contributed by atoms with Crippen molar-refractivity contribution in [2.45, 2.75) is 34.6 Å². The predicted octanol–water partition coefficient (Wildman–Crippen LogP) is 3.72. The van der Waals surface area contributed by atoms with Crippen molar-refractivity contribution in [2.75, 3.05) is 0 Å². The van der Waals surface area contributed by atoms with E-state index in [2.05, 4.69) is 70.6 Å². The van der Waals surface area contributed by atoms with Crippen molar-refractivity contribution in [1.29, 1.82) is 0 Å². The van der Waals surface area contributed by atoms with E-state index < -0.39 is 0 Å². The highest BCUT2D eigenvalue weighted by molar-refractivity contribution is 5.66. The second kappa shape index (κ2) is 4.56. The maximum atomic E-state index is 2.31. The SMILES string of the molecule is Cc1cc(C)c(-c2cc(C)c(C)cc2C)[n+](C)c1. The van der Waals surface area contributed by atoms with Gasteiger partial charge in [0, 0.05) is 16.7 Å². The molecule has 0 atom stereocenters. The van der Waals surface area contributed by atoms with Gasteiger partial charge >= 0.3 is 0 Å². The van der Waals surface area contributed by atoms with Crippen LogP contribution in [0.25, 0.3) is 11.3 Å². The molecule has 1 nitrogen and oxygen atoms in total. The Hall–Kier alpha value is -1.63. The number of hydrogen-bond donors (Lipinski definition) is 0. The highest BCUT2D eigenvalue weighted by atomic mass is 14.9. The van der Waals surface area contributed by atoms with Crippen LogP contribution in [-0.4, -0.2) is 0 Å². The third-order valence-electron chi connectivity index (χ3n) is 3.66. The molecule has 0 N–H and O–H groups in total. The molecule has 2 rings (SSSR count). The fourth-order valence-electron chi connectivity index (χ4n) is 2.71. The lowest BCUT2D eigenvalue weighted by atomic mass is 9.96. The molecule has 0 unspecified atom stereocenters. The lowest BCUT2D eigenvalue weighted by Crippen LogP contribution is -2.32. The minimum Gasteiger partial charge on any atom is -0.201 e. The van der Waals surface area contributed by atoms with Crippen molar-refractivity contribution >= 4 is 0 Å². The summed E-state index contributed by atoms with van der Waals surface area (Å²) in [4.78, 5) is 0. The first-order valence-electron chi connectivity index (χ1n) is 6.45. The van der Waals surface area contributed by atoms with Crippen molar-refractivity contribution in [3.63, 3.8) is 0 Å². The zero-order valence-corrected chi connectivity index (χ0v) is 12.3. The average Bonchev–Trinajstić information content (AvgIpc) is 2.24. The van der Waals surface area contributed by atoms with Gasteiger partial charge in [-0.1, -0.05) is 6.07 Å². The number of benzene rings is 1. The van der Waals surface area contributed by atoms with Crippen molar-refractivity contribution in [3.05, 3.63) is 52.2 Å². The summed E-state index contributed by atoms with van der Waals surface area (Å²) in [5.41, 5.74) is 9.38. The summed E-state index contributed by atoms with van der Waals surface area (Å²) in [6.45, 7) is 10.9. The second-order valence-electron chi connectivity index (χ2n) is 5.41. The van der Waals surface area contributed by atoms with Crippen molar-refractivity contribution in [3.8, 4) is 11.3 Å². The van der Waals surface area contributed by atoms with Crippen LogP contribution in [0.4, 0.5) is 0 Å². The average molecular weight is 240 g/mol. The molecule has 0 bridgehead atoms. The summed E-state index contributed by atoms with van der Waals surface area (Å²) < 4.78 is 2.24. The van der Waals surface area contributed by atoms with Crippen LogP contribution in [0.5, 0.6) is 0 Å². The van der Waals surface area contributed by atoms with Crippen molar-refractivity contribution in [2.24, 2.45) is 7.05 Å². The molecule has 2 aromatic rings. The molecule has 0 saturated carbocycles. The zero-order chi connectivity index (χ0) is 13.4. The largest absolute Gasteiger partial charge is 0.215 e. The molecule has 0 spiro atoms. The maximum absolute atomic E-state index is 2.31. The highest BCUT2D eigenvalue weighted by Gasteiger charge is 2.17. The minimum absolute atomic E-state index is 1.31. The molecule has 1 heterocycles. The minimum atomic E-state index is 1.31. The number of nitrogens with zero attached hydrogens (tertiary/aromatic N) is 1. The van der Waals surface area contributed by atoms with Gasteiger partial charge in [0.05, 0.1) is 0 Å². The van der Waals surface area contributed by atoms with E-state index in [9.17, 15) is 0 Å². The summed E-state index contributed by atoms with van der Waals surface area (Å²) in [6.07, 6.45) is 2.19. The monoisotopic (exact) mass is 240 g/mol. The molecule has 1 heteroatoms. The molecular formula is C17H22N+. The Bertz CT molecular complexity index is 586. The first-order chi connectivity index (χ1) is 8.40. The van der Waals surface area contributed by atoms with Gasteiger partial charge in [-0.3, -0.25) is 0 Å². The summed E-state index contributed by atoms with van der Waals surface area (Å²) in [6, 6.07) is 6.84. The Kier molecular flexibility index (Phi) is 3.25. The Balaban J connectivity index is 2.73. The molecule has 0 radical (unpaired) electrons. The smallest absolute Gasteiger partial charge is 0.201 e. The van der Waals surface area contributed by atoms with Gasteiger partial charge in [-0.05, 0) is 63.4 Å². The van der Waals surface area contributed by atoms with Gasteiger partial charge in [0.2, 0.25) is 5.69 Å². The van der Waals surface area contributed by atoms with Crippen LogP contribution in [-0.2, 0) is 7.05 Å². The van der Waals surface area contributed by atoms with E-state index >= 15 is 0 Å². The normalized spacial score (nSPS) is 10.8. The molecule has 1 aromatic heterocycles. The molecule has 0 aliphatic rings. The number of aryl methyl sites for hydroxylation is 6. The van der Waals surface area contributed by atoms with Crippen LogP contribution in [0.3, 0.4) is 0 Å². The van der Waals surface area contributed by atoms with Crippen LogP contribution in [0, 0.1) is 34.6 Å². The topological polar surface area (TPSA) is 3.88 Å². The summed E-state index contributed by atoms with van der Waals surface area (Å²) in [7, 11) is 2.13. The van der Waals surface area contributed by atoms with Crippen molar-refractivity contribution < 1.29 is 4.57 Å². The van der Waals surface area contributed by atoms with E-state index in [0.29, 0.717) is 0 Å². The summed E-state index contributed by atoms with van der Waals surface area (Å²) in [5.74, 6) is 0. The first kappa shape index (κ1) is 12.8. The van der Waals surface area contributed by atoms with Gasteiger partial charge < -0.3 is 0 Å². The van der Waals surface area contributed by atoms with Gasteiger partial charge in [0.25, 0.3) is 0 Å². The lowest BCUT2D eigenvalue weighted by Gasteiger charge is -2.11. The van der Waals surface area contributed by atoms with E-state index in [-0.39, 0.29) is 0 Å². The van der Waals surface area contributed by atoms with E-state index in [4.69, 9.17) is 0 Å².